The number of rotatable bonds is 3. The maximum Gasteiger partial charge on any atom is 0.225 e. The van der Waals surface area contributed by atoms with Crippen molar-refractivity contribution in [3.8, 4) is 0 Å². The maximum absolute atomic E-state index is 5.86. The second-order valence-corrected chi connectivity index (χ2v) is 4.15. The van der Waals surface area contributed by atoms with Gasteiger partial charge in [-0.3, -0.25) is 0 Å². The minimum absolute atomic E-state index is 0.208. The number of fused-ring (bicyclic) bond motifs is 1. The summed E-state index contributed by atoms with van der Waals surface area (Å²) in [6, 6.07) is 11.8. The zero-order chi connectivity index (χ0) is 12.4. The van der Waals surface area contributed by atoms with Crippen LogP contribution in [0.5, 0.6) is 0 Å². The Bertz CT molecular complexity index is 666. The molecule has 3 rings (SSSR count). The Kier molecular flexibility index (Phi) is 2.86. The SMILES string of the molecule is Clc1nc(NCc2ccccc2)c2occc2n1. The molecule has 1 N–H and O–H groups in total. The minimum atomic E-state index is 0.208. The summed E-state index contributed by atoms with van der Waals surface area (Å²) in [7, 11) is 0. The van der Waals surface area contributed by atoms with Crippen molar-refractivity contribution in [3.63, 3.8) is 0 Å². The maximum atomic E-state index is 5.86. The van der Waals surface area contributed by atoms with E-state index >= 15 is 0 Å². The van der Waals surface area contributed by atoms with Crippen molar-refractivity contribution >= 4 is 28.5 Å². The third-order valence-corrected chi connectivity index (χ3v) is 2.75. The molecule has 0 bridgehead atoms. The Morgan fingerprint density at radius 3 is 2.78 bits per heavy atom. The first kappa shape index (κ1) is 11.0. The monoisotopic (exact) mass is 259 g/mol. The van der Waals surface area contributed by atoms with Crippen LogP contribution in [-0.4, -0.2) is 9.97 Å². The molecule has 1 aromatic carbocycles. The van der Waals surface area contributed by atoms with Crippen molar-refractivity contribution < 1.29 is 4.42 Å². The van der Waals surface area contributed by atoms with Gasteiger partial charge in [-0.05, 0) is 17.2 Å². The number of hydrogen-bond acceptors (Lipinski definition) is 4. The lowest BCUT2D eigenvalue weighted by atomic mass is 10.2. The normalized spacial score (nSPS) is 10.7. The van der Waals surface area contributed by atoms with Crippen LogP contribution in [0, 0.1) is 0 Å². The molecule has 0 aliphatic rings. The summed E-state index contributed by atoms with van der Waals surface area (Å²) in [5, 5.41) is 3.41. The van der Waals surface area contributed by atoms with Gasteiger partial charge in [0, 0.05) is 12.6 Å². The van der Waals surface area contributed by atoms with Crippen molar-refractivity contribution in [2.24, 2.45) is 0 Å². The molecule has 0 fully saturated rings. The number of halogens is 1. The topological polar surface area (TPSA) is 51.0 Å². The van der Waals surface area contributed by atoms with Gasteiger partial charge in [0.05, 0.1) is 6.26 Å². The average Bonchev–Trinajstić information content (AvgIpc) is 2.85. The number of furan rings is 1. The molecule has 5 heteroatoms. The molecular formula is C13H10ClN3O. The Morgan fingerprint density at radius 2 is 1.94 bits per heavy atom. The smallest absolute Gasteiger partial charge is 0.225 e. The van der Waals surface area contributed by atoms with Gasteiger partial charge in [0.2, 0.25) is 5.28 Å². The second-order valence-electron chi connectivity index (χ2n) is 3.82. The third kappa shape index (κ3) is 2.15. The highest BCUT2D eigenvalue weighted by Gasteiger charge is 2.09. The van der Waals surface area contributed by atoms with E-state index in [2.05, 4.69) is 15.3 Å². The number of aromatic nitrogens is 2. The highest BCUT2D eigenvalue weighted by atomic mass is 35.5. The predicted molar refractivity (Wildman–Crippen MR) is 70.6 cm³/mol. The third-order valence-electron chi connectivity index (χ3n) is 2.58. The Hall–Kier alpha value is -2.07. The van der Waals surface area contributed by atoms with Crippen molar-refractivity contribution in [1.82, 2.24) is 9.97 Å². The molecule has 2 heterocycles. The van der Waals surface area contributed by atoms with Gasteiger partial charge in [-0.2, -0.15) is 4.98 Å². The Balaban J connectivity index is 1.88. The largest absolute Gasteiger partial charge is 0.459 e. The van der Waals surface area contributed by atoms with Crippen LogP contribution < -0.4 is 5.32 Å². The lowest BCUT2D eigenvalue weighted by molar-refractivity contribution is 0.614. The van der Waals surface area contributed by atoms with E-state index in [4.69, 9.17) is 16.0 Å². The summed E-state index contributed by atoms with van der Waals surface area (Å²) >= 11 is 5.86. The molecule has 0 spiro atoms. The summed E-state index contributed by atoms with van der Waals surface area (Å²) in [4.78, 5) is 8.21. The Morgan fingerprint density at radius 1 is 1.11 bits per heavy atom. The zero-order valence-corrected chi connectivity index (χ0v) is 10.2. The van der Waals surface area contributed by atoms with Crippen LogP contribution in [-0.2, 0) is 6.54 Å². The highest BCUT2D eigenvalue weighted by Crippen LogP contribution is 2.23. The van der Waals surface area contributed by atoms with E-state index < -0.39 is 0 Å². The molecule has 0 aliphatic carbocycles. The molecule has 0 atom stereocenters. The van der Waals surface area contributed by atoms with Crippen molar-refractivity contribution in [1.29, 1.82) is 0 Å². The van der Waals surface area contributed by atoms with Crippen LogP contribution in [0.3, 0.4) is 0 Å². The van der Waals surface area contributed by atoms with E-state index in [0.717, 1.165) is 5.56 Å². The van der Waals surface area contributed by atoms with E-state index in [0.29, 0.717) is 23.5 Å². The van der Waals surface area contributed by atoms with Gasteiger partial charge in [-0.15, -0.1) is 0 Å². The zero-order valence-electron chi connectivity index (χ0n) is 9.43. The van der Waals surface area contributed by atoms with Gasteiger partial charge in [0.1, 0.15) is 5.52 Å². The molecule has 4 nitrogen and oxygen atoms in total. The lowest BCUT2D eigenvalue weighted by Gasteiger charge is -2.06. The predicted octanol–water partition coefficient (Wildman–Crippen LogP) is 3.49. The van der Waals surface area contributed by atoms with Gasteiger partial charge >= 0.3 is 0 Å². The van der Waals surface area contributed by atoms with Gasteiger partial charge in [0.25, 0.3) is 0 Å². The van der Waals surface area contributed by atoms with Crippen molar-refractivity contribution in [2.75, 3.05) is 5.32 Å². The fourth-order valence-corrected chi connectivity index (χ4v) is 1.91. The van der Waals surface area contributed by atoms with E-state index in [1.54, 1.807) is 12.3 Å². The average molecular weight is 260 g/mol. The van der Waals surface area contributed by atoms with Gasteiger partial charge in [-0.1, -0.05) is 30.3 Å². The van der Waals surface area contributed by atoms with Crippen LogP contribution >= 0.6 is 11.6 Å². The Labute approximate surface area is 109 Å². The fraction of sp³-hybridized carbons (Fsp3) is 0.0769. The molecule has 0 saturated carbocycles. The number of anilines is 1. The summed E-state index contributed by atoms with van der Waals surface area (Å²) in [6.45, 7) is 0.657. The van der Waals surface area contributed by atoms with E-state index in [1.807, 2.05) is 30.3 Å². The van der Waals surface area contributed by atoms with Crippen molar-refractivity contribution in [3.05, 3.63) is 53.5 Å². The molecule has 0 amide bonds. The molecule has 0 unspecified atom stereocenters. The molecule has 18 heavy (non-hydrogen) atoms. The number of benzene rings is 1. The first-order chi connectivity index (χ1) is 8.83. The molecule has 0 aliphatic heterocycles. The van der Waals surface area contributed by atoms with Crippen LogP contribution in [0.2, 0.25) is 5.28 Å². The van der Waals surface area contributed by atoms with Crippen LogP contribution in [0.15, 0.2) is 47.1 Å². The molecule has 90 valence electrons. The van der Waals surface area contributed by atoms with Gasteiger partial charge < -0.3 is 9.73 Å². The first-order valence-corrected chi connectivity index (χ1v) is 5.89. The number of nitrogens with one attached hydrogen (secondary N) is 1. The van der Waals surface area contributed by atoms with E-state index in [1.165, 1.54) is 0 Å². The van der Waals surface area contributed by atoms with E-state index in [9.17, 15) is 0 Å². The summed E-state index contributed by atoms with van der Waals surface area (Å²) in [5.74, 6) is 0.610. The molecule has 0 saturated heterocycles. The summed E-state index contributed by atoms with van der Waals surface area (Å²) in [6.07, 6.45) is 1.57. The van der Waals surface area contributed by atoms with Gasteiger partial charge in [0.15, 0.2) is 11.4 Å². The summed E-state index contributed by atoms with van der Waals surface area (Å²) < 4.78 is 5.35. The second kappa shape index (κ2) is 4.66. The van der Waals surface area contributed by atoms with Crippen LogP contribution in [0.25, 0.3) is 11.1 Å². The number of nitrogens with zero attached hydrogens (tertiary/aromatic N) is 2. The van der Waals surface area contributed by atoms with Crippen molar-refractivity contribution in [2.45, 2.75) is 6.54 Å². The van der Waals surface area contributed by atoms with Crippen LogP contribution in [0.4, 0.5) is 5.82 Å². The summed E-state index contributed by atoms with van der Waals surface area (Å²) in [5.41, 5.74) is 2.48. The molecule has 3 aromatic rings. The highest BCUT2D eigenvalue weighted by molar-refractivity contribution is 6.28. The fourth-order valence-electron chi connectivity index (χ4n) is 1.74. The molecule has 0 radical (unpaired) electrons. The van der Waals surface area contributed by atoms with Crippen LogP contribution in [0.1, 0.15) is 5.56 Å². The molecule has 2 aromatic heterocycles. The molecular weight excluding hydrogens is 250 g/mol. The quantitative estimate of drug-likeness (QED) is 0.732. The first-order valence-electron chi connectivity index (χ1n) is 5.51. The standard InChI is InChI=1S/C13H10ClN3O/c14-13-16-10-6-7-18-11(10)12(17-13)15-8-9-4-2-1-3-5-9/h1-7H,8H2,(H,15,16,17). The number of hydrogen-bond donors (Lipinski definition) is 1. The minimum Gasteiger partial charge on any atom is -0.459 e. The van der Waals surface area contributed by atoms with Gasteiger partial charge in [-0.25, -0.2) is 4.98 Å². The van der Waals surface area contributed by atoms with E-state index in [-0.39, 0.29) is 5.28 Å². The lowest BCUT2D eigenvalue weighted by Crippen LogP contribution is -2.02.